The predicted octanol–water partition coefficient (Wildman–Crippen LogP) is 2.41. The Kier molecular flexibility index (Phi) is 7.38. The number of sulfone groups is 1. The van der Waals surface area contributed by atoms with Crippen LogP contribution < -0.4 is 10.1 Å². The van der Waals surface area contributed by atoms with Crippen LogP contribution in [-0.2, 0) is 14.6 Å². The van der Waals surface area contributed by atoms with E-state index in [1.54, 1.807) is 19.1 Å². The van der Waals surface area contributed by atoms with E-state index >= 15 is 0 Å². The second-order valence-corrected chi connectivity index (χ2v) is 7.39. The van der Waals surface area contributed by atoms with Crippen molar-refractivity contribution in [1.82, 2.24) is 5.32 Å². The van der Waals surface area contributed by atoms with Crippen molar-refractivity contribution in [3.05, 3.63) is 24.3 Å². The van der Waals surface area contributed by atoms with Gasteiger partial charge < -0.3 is 10.1 Å². The molecule has 0 aliphatic heterocycles. The number of unbranched alkanes of at least 4 members (excludes halogenated alkanes) is 2. The van der Waals surface area contributed by atoms with Gasteiger partial charge in [-0.1, -0.05) is 26.7 Å². The van der Waals surface area contributed by atoms with E-state index in [-0.39, 0.29) is 16.6 Å². The first-order chi connectivity index (χ1) is 10.4. The van der Waals surface area contributed by atoms with Gasteiger partial charge in [-0.05, 0) is 30.7 Å². The number of carbonyl (C=O) groups is 1. The van der Waals surface area contributed by atoms with Crippen LogP contribution in [0.4, 0.5) is 0 Å². The number of benzene rings is 1. The van der Waals surface area contributed by atoms with Crippen molar-refractivity contribution in [2.75, 3.05) is 19.4 Å². The van der Waals surface area contributed by atoms with E-state index in [0.29, 0.717) is 12.3 Å². The van der Waals surface area contributed by atoms with E-state index in [1.807, 2.05) is 0 Å². The van der Waals surface area contributed by atoms with E-state index in [9.17, 15) is 13.2 Å². The zero-order valence-electron chi connectivity index (χ0n) is 13.5. The molecule has 1 unspecified atom stereocenters. The number of hydrogen-bond acceptors (Lipinski definition) is 4. The first-order valence-corrected chi connectivity index (χ1v) is 9.20. The minimum atomic E-state index is -3.48. The Labute approximate surface area is 133 Å². The van der Waals surface area contributed by atoms with Crippen molar-refractivity contribution in [1.29, 1.82) is 0 Å². The van der Waals surface area contributed by atoms with Gasteiger partial charge in [0, 0.05) is 12.5 Å². The van der Waals surface area contributed by atoms with Gasteiger partial charge in [-0.15, -0.1) is 0 Å². The highest BCUT2D eigenvalue weighted by molar-refractivity contribution is 7.91. The largest absolute Gasteiger partial charge is 0.497 e. The van der Waals surface area contributed by atoms with Crippen LogP contribution in [0.1, 0.15) is 33.1 Å². The number of methoxy groups -OCH3 is 1. The minimum Gasteiger partial charge on any atom is -0.497 e. The molecule has 1 aromatic carbocycles. The molecule has 6 heteroatoms. The standard InChI is InChI=1S/C16H25NO4S/c1-4-5-6-11-17-16(18)13(2)12-22(19,20)15-9-7-14(21-3)8-10-15/h7-10,13H,4-6,11-12H2,1-3H3,(H,17,18). The summed E-state index contributed by atoms with van der Waals surface area (Å²) < 4.78 is 29.6. The number of ether oxygens (including phenoxy) is 1. The van der Waals surface area contributed by atoms with Crippen molar-refractivity contribution in [3.63, 3.8) is 0 Å². The Morgan fingerprint density at radius 2 is 1.86 bits per heavy atom. The van der Waals surface area contributed by atoms with Gasteiger partial charge in [0.05, 0.1) is 17.8 Å². The third-order valence-corrected chi connectivity index (χ3v) is 5.34. The molecule has 1 rings (SSSR count). The summed E-state index contributed by atoms with van der Waals surface area (Å²) in [5.41, 5.74) is 0. The van der Waals surface area contributed by atoms with Crippen molar-refractivity contribution < 1.29 is 17.9 Å². The fraction of sp³-hybridized carbons (Fsp3) is 0.562. The molecule has 22 heavy (non-hydrogen) atoms. The minimum absolute atomic E-state index is 0.195. The molecule has 124 valence electrons. The summed E-state index contributed by atoms with van der Waals surface area (Å²) in [4.78, 5) is 12.1. The molecule has 1 atom stereocenters. The van der Waals surface area contributed by atoms with Crippen LogP contribution in [0, 0.1) is 5.92 Å². The van der Waals surface area contributed by atoms with Crippen LogP contribution >= 0.6 is 0 Å². The van der Waals surface area contributed by atoms with Crippen LogP contribution in [0.15, 0.2) is 29.2 Å². The van der Waals surface area contributed by atoms with Crippen LogP contribution in [0.3, 0.4) is 0 Å². The SMILES string of the molecule is CCCCCNC(=O)C(C)CS(=O)(=O)c1ccc(OC)cc1. The van der Waals surface area contributed by atoms with Gasteiger partial charge in [0.25, 0.3) is 0 Å². The van der Waals surface area contributed by atoms with Crippen molar-refractivity contribution in [3.8, 4) is 5.75 Å². The van der Waals surface area contributed by atoms with Gasteiger partial charge in [0.1, 0.15) is 5.75 Å². The first-order valence-electron chi connectivity index (χ1n) is 7.55. The lowest BCUT2D eigenvalue weighted by Crippen LogP contribution is -2.33. The van der Waals surface area contributed by atoms with Crippen LogP contribution in [0.25, 0.3) is 0 Å². The van der Waals surface area contributed by atoms with E-state index in [2.05, 4.69) is 12.2 Å². The summed E-state index contributed by atoms with van der Waals surface area (Å²) in [7, 11) is -1.96. The summed E-state index contributed by atoms with van der Waals surface area (Å²) in [6.45, 7) is 4.32. The summed E-state index contributed by atoms with van der Waals surface area (Å²) in [6.07, 6.45) is 3.05. The van der Waals surface area contributed by atoms with Gasteiger partial charge in [-0.2, -0.15) is 0 Å². The monoisotopic (exact) mass is 327 g/mol. The molecule has 0 bridgehead atoms. The van der Waals surface area contributed by atoms with Gasteiger partial charge in [0.2, 0.25) is 5.91 Å². The number of rotatable bonds is 9. The summed E-state index contributed by atoms with van der Waals surface area (Å²) >= 11 is 0. The Hall–Kier alpha value is -1.56. The van der Waals surface area contributed by atoms with Gasteiger partial charge in [-0.25, -0.2) is 8.42 Å². The Morgan fingerprint density at radius 1 is 1.23 bits per heavy atom. The summed E-state index contributed by atoms with van der Waals surface area (Å²) in [5, 5.41) is 2.79. The zero-order valence-corrected chi connectivity index (χ0v) is 14.3. The molecule has 0 aliphatic rings. The smallest absolute Gasteiger partial charge is 0.223 e. The molecule has 0 saturated heterocycles. The molecule has 0 saturated carbocycles. The normalized spacial score (nSPS) is 12.7. The second kappa shape index (κ2) is 8.78. The maximum Gasteiger partial charge on any atom is 0.223 e. The molecule has 1 N–H and O–H groups in total. The van der Waals surface area contributed by atoms with E-state index in [1.165, 1.54) is 19.2 Å². The summed E-state index contributed by atoms with van der Waals surface area (Å²) in [5.74, 6) is -0.388. The fourth-order valence-corrected chi connectivity index (χ4v) is 3.60. The van der Waals surface area contributed by atoms with E-state index in [4.69, 9.17) is 4.74 Å². The van der Waals surface area contributed by atoms with Crippen molar-refractivity contribution in [2.45, 2.75) is 38.0 Å². The van der Waals surface area contributed by atoms with E-state index < -0.39 is 15.8 Å². The van der Waals surface area contributed by atoms with E-state index in [0.717, 1.165) is 19.3 Å². The Morgan fingerprint density at radius 3 is 2.41 bits per heavy atom. The average molecular weight is 327 g/mol. The molecule has 1 aromatic rings. The van der Waals surface area contributed by atoms with Gasteiger partial charge in [-0.3, -0.25) is 4.79 Å². The van der Waals surface area contributed by atoms with Crippen LogP contribution in [0.5, 0.6) is 5.75 Å². The van der Waals surface area contributed by atoms with Crippen molar-refractivity contribution >= 4 is 15.7 Å². The number of nitrogens with one attached hydrogen (secondary N) is 1. The average Bonchev–Trinajstić information content (AvgIpc) is 2.51. The molecule has 0 heterocycles. The molecule has 0 radical (unpaired) electrons. The highest BCUT2D eigenvalue weighted by Gasteiger charge is 2.23. The lowest BCUT2D eigenvalue weighted by atomic mass is 10.2. The van der Waals surface area contributed by atoms with Crippen molar-refractivity contribution in [2.24, 2.45) is 5.92 Å². The predicted molar refractivity (Wildman–Crippen MR) is 86.7 cm³/mol. The second-order valence-electron chi connectivity index (χ2n) is 5.36. The van der Waals surface area contributed by atoms with Gasteiger partial charge >= 0.3 is 0 Å². The quantitative estimate of drug-likeness (QED) is 0.707. The Balaban J connectivity index is 2.60. The number of carbonyl (C=O) groups excluding carboxylic acids is 1. The Bertz CT molecular complexity index is 566. The third-order valence-electron chi connectivity index (χ3n) is 3.42. The molecule has 5 nitrogen and oxygen atoms in total. The molecule has 0 fully saturated rings. The number of amides is 1. The molecule has 0 spiro atoms. The topological polar surface area (TPSA) is 72.5 Å². The molecular weight excluding hydrogens is 302 g/mol. The highest BCUT2D eigenvalue weighted by atomic mass is 32.2. The molecule has 0 aliphatic carbocycles. The maximum absolute atomic E-state index is 12.3. The van der Waals surface area contributed by atoms with Gasteiger partial charge in [0.15, 0.2) is 9.84 Å². The molecule has 0 aromatic heterocycles. The molecule has 1 amide bonds. The highest BCUT2D eigenvalue weighted by Crippen LogP contribution is 2.18. The van der Waals surface area contributed by atoms with Crippen LogP contribution in [-0.4, -0.2) is 33.7 Å². The number of hydrogen-bond donors (Lipinski definition) is 1. The fourth-order valence-electron chi connectivity index (χ4n) is 2.04. The maximum atomic E-state index is 12.3. The lowest BCUT2D eigenvalue weighted by Gasteiger charge is -2.13. The lowest BCUT2D eigenvalue weighted by molar-refractivity contribution is -0.123. The van der Waals surface area contributed by atoms with Crippen LogP contribution in [0.2, 0.25) is 0 Å². The summed E-state index contributed by atoms with van der Waals surface area (Å²) in [6, 6.07) is 6.20. The third kappa shape index (κ3) is 5.67. The molecular formula is C16H25NO4S. The zero-order chi connectivity index (χ0) is 16.6. The first kappa shape index (κ1) is 18.5.